The Morgan fingerprint density at radius 3 is 1.42 bits per heavy atom. The first kappa shape index (κ1) is 18.3. The summed E-state index contributed by atoms with van der Waals surface area (Å²) in [5.74, 6) is -0.0338. The Bertz CT molecular complexity index is 275. The molecule has 0 spiro atoms. The van der Waals surface area contributed by atoms with Gasteiger partial charge in [0, 0.05) is 5.26 Å². The zero-order valence-electron chi connectivity index (χ0n) is 13.0. The average molecular weight is 277 g/mol. The molecule has 6 heteroatoms. The summed E-state index contributed by atoms with van der Waals surface area (Å²) >= 11 is 0. The van der Waals surface area contributed by atoms with Crippen LogP contribution in [0, 0.1) is 0 Å². The van der Waals surface area contributed by atoms with Crippen LogP contribution >= 0.6 is 0 Å². The molecule has 0 N–H and O–H groups in total. The molecule has 0 aliphatic rings. The van der Waals surface area contributed by atoms with Gasteiger partial charge in [0.1, 0.15) is 0 Å². The van der Waals surface area contributed by atoms with Crippen LogP contribution in [0.4, 0.5) is 0 Å². The van der Waals surface area contributed by atoms with Crippen molar-refractivity contribution in [1.82, 2.24) is 0 Å². The van der Waals surface area contributed by atoms with Gasteiger partial charge >= 0.3 is 0 Å². The first-order valence-electron chi connectivity index (χ1n) is 6.12. The van der Waals surface area contributed by atoms with E-state index in [-0.39, 0.29) is 5.76 Å². The molecule has 0 saturated heterocycles. The number of hydrogen-bond acceptors (Lipinski definition) is 5. The van der Waals surface area contributed by atoms with E-state index in [0.29, 0.717) is 5.57 Å². The van der Waals surface area contributed by atoms with Gasteiger partial charge in [-0.3, -0.25) is 0 Å². The van der Waals surface area contributed by atoms with Gasteiger partial charge in [-0.1, -0.05) is 0 Å². The zero-order chi connectivity index (χ0) is 15.3. The lowest BCUT2D eigenvalue weighted by molar-refractivity contribution is -0.499. The van der Waals surface area contributed by atoms with Crippen LogP contribution in [-0.4, -0.2) is 17.5 Å². The molecule has 1 radical (unpaired) electrons. The van der Waals surface area contributed by atoms with Crippen LogP contribution in [0.1, 0.15) is 55.4 Å². The topological polar surface area (TPSA) is 66.1 Å². The maximum Gasteiger partial charge on any atom is 0.284 e. The van der Waals surface area contributed by atoms with Crippen molar-refractivity contribution < 1.29 is 29.7 Å². The minimum absolute atomic E-state index is 0.0338. The predicted molar refractivity (Wildman–Crippen MR) is 67.8 cm³/mol. The molecule has 0 amide bonds. The van der Waals surface area contributed by atoms with Crippen molar-refractivity contribution >= 4 is 0 Å². The lowest BCUT2D eigenvalue weighted by Crippen LogP contribution is -2.31. The van der Waals surface area contributed by atoms with Gasteiger partial charge in [0.15, 0.2) is 0 Å². The first-order valence-corrected chi connectivity index (χ1v) is 6.12. The van der Waals surface area contributed by atoms with Crippen molar-refractivity contribution in [3.8, 4) is 0 Å². The smallest absolute Gasteiger partial charge is 0.284 e. The number of hydrogen-bond donors (Lipinski definition) is 0. The molecule has 6 nitrogen and oxygen atoms in total. The van der Waals surface area contributed by atoms with E-state index in [1.54, 1.807) is 55.4 Å². The fourth-order valence-corrected chi connectivity index (χ4v) is 0.838. The second-order valence-corrected chi connectivity index (χ2v) is 6.36. The highest BCUT2D eigenvalue weighted by molar-refractivity contribution is 5.04. The van der Waals surface area contributed by atoms with E-state index in [0.717, 1.165) is 0 Å². The molecule has 0 aliphatic carbocycles. The third-order valence-electron chi connectivity index (χ3n) is 1.57. The van der Waals surface area contributed by atoms with E-state index in [4.69, 9.17) is 19.6 Å². The molecular weight excluding hydrogens is 252 g/mol. The lowest BCUT2D eigenvalue weighted by atomic mass is 10.2. The SMILES string of the molecule is CC(C)=C(O[O])C(OOC(C)(C)C)OOC(C)(C)C. The molecule has 0 rings (SSSR count). The molecular formula is C13H25O6. The summed E-state index contributed by atoms with van der Waals surface area (Å²) in [6, 6.07) is 0. The van der Waals surface area contributed by atoms with Gasteiger partial charge in [-0.25, -0.2) is 9.78 Å². The molecule has 0 atom stereocenters. The highest BCUT2D eigenvalue weighted by Crippen LogP contribution is 2.20. The molecule has 0 bridgehead atoms. The lowest BCUT2D eigenvalue weighted by Gasteiger charge is -2.25. The largest absolute Gasteiger partial charge is 0.304 e. The summed E-state index contributed by atoms with van der Waals surface area (Å²) in [6.45, 7) is 14.2. The fraction of sp³-hybridized carbons (Fsp3) is 0.846. The third kappa shape index (κ3) is 8.96. The summed E-state index contributed by atoms with van der Waals surface area (Å²) in [5.41, 5.74) is -0.507. The summed E-state index contributed by atoms with van der Waals surface area (Å²) in [6.07, 6.45) is -1.18. The van der Waals surface area contributed by atoms with Gasteiger partial charge in [0.05, 0.1) is 11.2 Å². The van der Waals surface area contributed by atoms with E-state index in [9.17, 15) is 5.26 Å². The molecule has 19 heavy (non-hydrogen) atoms. The van der Waals surface area contributed by atoms with Crippen molar-refractivity contribution in [1.29, 1.82) is 0 Å². The maximum absolute atomic E-state index is 10.7. The summed E-state index contributed by atoms with van der Waals surface area (Å²) in [4.78, 5) is 24.5. The van der Waals surface area contributed by atoms with Crippen LogP contribution < -0.4 is 0 Å². The van der Waals surface area contributed by atoms with E-state index in [1.165, 1.54) is 0 Å². The Hall–Kier alpha value is -0.660. The van der Waals surface area contributed by atoms with Gasteiger partial charge in [0.25, 0.3) is 6.29 Å². The molecule has 0 fully saturated rings. The van der Waals surface area contributed by atoms with E-state index >= 15 is 0 Å². The Morgan fingerprint density at radius 2 is 1.21 bits per heavy atom. The summed E-state index contributed by atoms with van der Waals surface area (Å²) < 4.78 is 0. The van der Waals surface area contributed by atoms with Crippen molar-refractivity contribution in [2.24, 2.45) is 0 Å². The molecule has 113 valence electrons. The van der Waals surface area contributed by atoms with Gasteiger partial charge in [0.2, 0.25) is 5.76 Å². The monoisotopic (exact) mass is 277 g/mol. The van der Waals surface area contributed by atoms with Crippen molar-refractivity contribution in [2.45, 2.75) is 72.9 Å². The van der Waals surface area contributed by atoms with Crippen LogP contribution in [0.25, 0.3) is 0 Å². The molecule has 0 heterocycles. The maximum atomic E-state index is 10.7. The highest BCUT2D eigenvalue weighted by Gasteiger charge is 2.28. The third-order valence-corrected chi connectivity index (χ3v) is 1.57. The van der Waals surface area contributed by atoms with Crippen LogP contribution in [0.15, 0.2) is 11.3 Å². The molecule has 0 aromatic carbocycles. The second kappa shape index (κ2) is 7.21. The summed E-state index contributed by atoms with van der Waals surface area (Å²) in [7, 11) is 0. The van der Waals surface area contributed by atoms with E-state index in [2.05, 4.69) is 4.89 Å². The standard InChI is InChI=1S/C13H25O6/c1-9(2)10(15-14)11(16-18-12(3,4)5)17-19-13(6,7)8/h11H,1-8H3. The van der Waals surface area contributed by atoms with Crippen LogP contribution in [0.3, 0.4) is 0 Å². The second-order valence-electron chi connectivity index (χ2n) is 6.36. The molecule has 0 aromatic heterocycles. The number of allylic oxidation sites excluding steroid dienone is 1. The molecule has 0 unspecified atom stereocenters. The van der Waals surface area contributed by atoms with E-state index in [1.807, 2.05) is 0 Å². The zero-order valence-corrected chi connectivity index (χ0v) is 13.0. The van der Waals surface area contributed by atoms with Crippen molar-refractivity contribution in [3.63, 3.8) is 0 Å². The van der Waals surface area contributed by atoms with E-state index < -0.39 is 17.5 Å². The van der Waals surface area contributed by atoms with Crippen LogP contribution in [0.2, 0.25) is 0 Å². The number of rotatable bonds is 6. The predicted octanol–water partition coefficient (Wildman–Crippen LogP) is 3.46. The fourth-order valence-electron chi connectivity index (χ4n) is 0.838. The Balaban J connectivity index is 4.79. The Morgan fingerprint density at radius 1 is 0.842 bits per heavy atom. The quantitative estimate of drug-likeness (QED) is 0.322. The molecule has 0 saturated carbocycles. The summed E-state index contributed by atoms with van der Waals surface area (Å²) in [5, 5.41) is 10.7. The molecule has 0 aliphatic heterocycles. The van der Waals surface area contributed by atoms with Gasteiger partial charge in [-0.2, -0.15) is 9.78 Å². The Labute approximate surface area is 115 Å². The van der Waals surface area contributed by atoms with Gasteiger partial charge < -0.3 is 4.89 Å². The normalized spacial score (nSPS) is 12.7. The van der Waals surface area contributed by atoms with Crippen LogP contribution in [-0.2, 0) is 29.7 Å². The molecule has 0 aromatic rings. The van der Waals surface area contributed by atoms with Gasteiger partial charge in [-0.05, 0) is 61.0 Å². The minimum atomic E-state index is -1.18. The Kier molecular flexibility index (Phi) is 6.96. The van der Waals surface area contributed by atoms with Crippen molar-refractivity contribution in [3.05, 3.63) is 11.3 Å². The van der Waals surface area contributed by atoms with Gasteiger partial charge in [-0.15, -0.1) is 0 Å². The average Bonchev–Trinajstić information content (AvgIpc) is 2.18. The minimum Gasteiger partial charge on any atom is -0.304 e. The first-order chi connectivity index (χ1) is 8.46. The highest BCUT2D eigenvalue weighted by atomic mass is 17.3. The van der Waals surface area contributed by atoms with Crippen molar-refractivity contribution in [2.75, 3.05) is 0 Å². The van der Waals surface area contributed by atoms with Crippen LogP contribution in [0.5, 0.6) is 0 Å².